The quantitative estimate of drug-likeness (QED) is 0.595. The van der Waals surface area contributed by atoms with E-state index in [2.05, 4.69) is 20.5 Å². The summed E-state index contributed by atoms with van der Waals surface area (Å²) in [4.78, 5) is 6.57. The van der Waals surface area contributed by atoms with E-state index in [0.29, 0.717) is 22.5 Å². The molecule has 1 fully saturated rings. The SMILES string of the molecule is CN=C(/C=C(/C)Nc1ccc(Cl)c(Cl)c1)OCCN1CCNCC1. The second kappa shape index (κ2) is 9.89. The van der Waals surface area contributed by atoms with Crippen LogP contribution < -0.4 is 10.6 Å². The van der Waals surface area contributed by atoms with Gasteiger partial charge < -0.3 is 15.4 Å². The predicted molar refractivity (Wildman–Crippen MR) is 102 cm³/mol. The maximum absolute atomic E-state index is 6.02. The second-order valence-electron chi connectivity index (χ2n) is 5.58. The number of halogens is 2. The van der Waals surface area contributed by atoms with Crippen LogP contribution in [0.4, 0.5) is 5.69 Å². The summed E-state index contributed by atoms with van der Waals surface area (Å²) >= 11 is 11.9. The zero-order chi connectivity index (χ0) is 17.4. The van der Waals surface area contributed by atoms with Gasteiger partial charge in [0.05, 0.1) is 10.0 Å². The maximum atomic E-state index is 6.02. The Labute approximate surface area is 153 Å². The number of hydrogen-bond acceptors (Lipinski definition) is 5. The highest BCUT2D eigenvalue weighted by molar-refractivity contribution is 6.42. The zero-order valence-corrected chi connectivity index (χ0v) is 15.6. The summed E-state index contributed by atoms with van der Waals surface area (Å²) in [5.74, 6) is 0.607. The molecule has 2 N–H and O–H groups in total. The van der Waals surface area contributed by atoms with Crippen molar-refractivity contribution < 1.29 is 4.74 Å². The summed E-state index contributed by atoms with van der Waals surface area (Å²) in [6.45, 7) is 7.71. The standard InChI is InChI=1S/C17H24Cl2N4O/c1-13(22-14-3-4-15(18)16(19)12-14)11-17(20-2)24-10-9-23-7-5-21-6-8-23/h3-4,11-12,21-22H,5-10H2,1-2H3/b13-11-,20-17?. The van der Waals surface area contributed by atoms with Crippen LogP contribution in [0.1, 0.15) is 6.92 Å². The van der Waals surface area contributed by atoms with E-state index in [1.807, 2.05) is 19.1 Å². The molecule has 0 spiro atoms. The number of anilines is 1. The Morgan fingerprint density at radius 2 is 2.08 bits per heavy atom. The van der Waals surface area contributed by atoms with Crippen LogP contribution in [-0.4, -0.2) is 57.2 Å². The number of allylic oxidation sites excluding steroid dienone is 1. The Bertz CT molecular complexity index is 598. The minimum Gasteiger partial charge on any atom is -0.477 e. The lowest BCUT2D eigenvalue weighted by molar-refractivity contribution is 0.186. The summed E-state index contributed by atoms with van der Waals surface area (Å²) in [5, 5.41) is 7.65. The van der Waals surface area contributed by atoms with E-state index in [-0.39, 0.29) is 0 Å². The van der Waals surface area contributed by atoms with Crippen LogP contribution in [0.3, 0.4) is 0 Å². The van der Waals surface area contributed by atoms with E-state index in [4.69, 9.17) is 27.9 Å². The van der Waals surface area contributed by atoms with Gasteiger partial charge in [0, 0.05) is 57.2 Å². The Morgan fingerprint density at radius 3 is 2.75 bits per heavy atom. The van der Waals surface area contributed by atoms with E-state index in [1.165, 1.54) is 0 Å². The minimum atomic E-state index is 0.520. The molecule has 0 amide bonds. The van der Waals surface area contributed by atoms with Crippen molar-refractivity contribution in [3.05, 3.63) is 40.0 Å². The fourth-order valence-electron chi connectivity index (χ4n) is 2.41. The highest BCUT2D eigenvalue weighted by atomic mass is 35.5. The fraction of sp³-hybridized carbons (Fsp3) is 0.471. The number of aliphatic imine (C=N–C) groups is 1. The zero-order valence-electron chi connectivity index (χ0n) is 14.1. The second-order valence-corrected chi connectivity index (χ2v) is 6.40. The van der Waals surface area contributed by atoms with E-state index in [1.54, 1.807) is 19.2 Å². The smallest absolute Gasteiger partial charge is 0.210 e. The molecule has 24 heavy (non-hydrogen) atoms. The van der Waals surface area contributed by atoms with Crippen LogP contribution in [0.15, 0.2) is 35.0 Å². The van der Waals surface area contributed by atoms with Gasteiger partial charge in [-0.2, -0.15) is 0 Å². The first-order valence-corrected chi connectivity index (χ1v) is 8.77. The molecule has 1 aliphatic rings. The summed E-state index contributed by atoms with van der Waals surface area (Å²) in [5.41, 5.74) is 1.78. The number of ether oxygens (including phenoxy) is 1. The van der Waals surface area contributed by atoms with Crippen molar-refractivity contribution in [3.8, 4) is 0 Å². The topological polar surface area (TPSA) is 48.9 Å². The molecule has 0 bridgehead atoms. The van der Waals surface area contributed by atoms with Gasteiger partial charge >= 0.3 is 0 Å². The molecule has 0 aliphatic carbocycles. The number of rotatable bonds is 6. The number of nitrogens with one attached hydrogen (secondary N) is 2. The van der Waals surface area contributed by atoms with E-state index in [0.717, 1.165) is 44.1 Å². The average molecular weight is 371 g/mol. The van der Waals surface area contributed by atoms with Gasteiger partial charge in [0.2, 0.25) is 5.90 Å². The Morgan fingerprint density at radius 1 is 1.33 bits per heavy atom. The molecule has 0 unspecified atom stereocenters. The Hall–Kier alpha value is -1.27. The third kappa shape index (κ3) is 6.32. The molecule has 0 aromatic heterocycles. The van der Waals surface area contributed by atoms with Crippen LogP contribution in [0, 0.1) is 0 Å². The molecule has 132 valence electrons. The first kappa shape index (κ1) is 19.1. The van der Waals surface area contributed by atoms with E-state index < -0.39 is 0 Å². The molecule has 1 aromatic rings. The van der Waals surface area contributed by atoms with Gasteiger partial charge in [-0.1, -0.05) is 23.2 Å². The van der Waals surface area contributed by atoms with Crippen molar-refractivity contribution >= 4 is 34.8 Å². The molecular weight excluding hydrogens is 347 g/mol. The predicted octanol–water partition coefficient (Wildman–Crippen LogP) is 3.26. The first-order valence-electron chi connectivity index (χ1n) is 8.01. The van der Waals surface area contributed by atoms with Crippen molar-refractivity contribution in [2.24, 2.45) is 4.99 Å². The molecule has 0 atom stereocenters. The van der Waals surface area contributed by atoms with Crippen molar-refractivity contribution in [2.75, 3.05) is 51.7 Å². The summed E-state index contributed by atoms with van der Waals surface area (Å²) in [7, 11) is 1.73. The van der Waals surface area contributed by atoms with Gasteiger partial charge in [-0.3, -0.25) is 9.89 Å². The lowest BCUT2D eigenvalue weighted by Crippen LogP contribution is -2.44. The molecule has 0 radical (unpaired) electrons. The van der Waals surface area contributed by atoms with Gasteiger partial charge in [-0.05, 0) is 25.1 Å². The molecular formula is C17H24Cl2N4O. The Kier molecular flexibility index (Phi) is 7.85. The monoisotopic (exact) mass is 370 g/mol. The molecule has 1 aliphatic heterocycles. The fourth-order valence-corrected chi connectivity index (χ4v) is 2.71. The third-order valence-corrected chi connectivity index (χ3v) is 4.43. The van der Waals surface area contributed by atoms with Crippen LogP contribution in [0.25, 0.3) is 0 Å². The lowest BCUT2D eigenvalue weighted by Gasteiger charge is -2.26. The highest BCUT2D eigenvalue weighted by Crippen LogP contribution is 2.25. The first-order chi connectivity index (χ1) is 11.6. The van der Waals surface area contributed by atoms with Gasteiger partial charge in [0.25, 0.3) is 0 Å². The number of benzene rings is 1. The molecule has 2 rings (SSSR count). The summed E-state index contributed by atoms with van der Waals surface area (Å²) < 4.78 is 5.77. The van der Waals surface area contributed by atoms with Crippen LogP contribution >= 0.6 is 23.2 Å². The molecule has 1 aromatic carbocycles. The normalized spacial score (nSPS) is 17.0. The number of hydrogen-bond donors (Lipinski definition) is 2. The maximum Gasteiger partial charge on any atom is 0.210 e. The molecule has 7 heteroatoms. The van der Waals surface area contributed by atoms with E-state index in [9.17, 15) is 0 Å². The molecule has 5 nitrogen and oxygen atoms in total. The van der Waals surface area contributed by atoms with Crippen LogP contribution in [0.2, 0.25) is 10.0 Å². The van der Waals surface area contributed by atoms with Gasteiger partial charge in [-0.15, -0.1) is 0 Å². The van der Waals surface area contributed by atoms with Crippen LogP contribution in [0.5, 0.6) is 0 Å². The van der Waals surface area contributed by atoms with Crippen LogP contribution in [-0.2, 0) is 4.74 Å². The molecule has 1 heterocycles. The lowest BCUT2D eigenvalue weighted by atomic mass is 10.3. The summed E-state index contributed by atoms with van der Waals surface area (Å²) in [6, 6.07) is 5.42. The van der Waals surface area contributed by atoms with E-state index >= 15 is 0 Å². The van der Waals surface area contributed by atoms with Crippen molar-refractivity contribution in [2.45, 2.75) is 6.92 Å². The van der Waals surface area contributed by atoms with Gasteiger partial charge in [0.1, 0.15) is 6.61 Å². The van der Waals surface area contributed by atoms with Crippen molar-refractivity contribution in [3.63, 3.8) is 0 Å². The highest BCUT2D eigenvalue weighted by Gasteiger charge is 2.09. The molecule has 1 saturated heterocycles. The summed E-state index contributed by atoms with van der Waals surface area (Å²) in [6.07, 6.45) is 1.88. The van der Waals surface area contributed by atoms with Crippen molar-refractivity contribution in [1.29, 1.82) is 0 Å². The third-order valence-electron chi connectivity index (χ3n) is 3.69. The van der Waals surface area contributed by atoms with Crippen molar-refractivity contribution in [1.82, 2.24) is 10.2 Å². The van der Waals surface area contributed by atoms with Gasteiger partial charge in [-0.25, -0.2) is 0 Å². The number of piperazine rings is 1. The van der Waals surface area contributed by atoms with Gasteiger partial charge in [0.15, 0.2) is 0 Å². The minimum absolute atomic E-state index is 0.520. The number of nitrogens with zero attached hydrogens (tertiary/aromatic N) is 2. The Balaban J connectivity index is 1.83. The average Bonchev–Trinajstić information content (AvgIpc) is 2.58. The largest absolute Gasteiger partial charge is 0.477 e. The molecule has 0 saturated carbocycles.